The van der Waals surface area contributed by atoms with Gasteiger partial charge in [-0.05, 0) is 42.7 Å². The molecule has 0 amide bonds. The van der Waals surface area contributed by atoms with Gasteiger partial charge in [0.05, 0.1) is 0 Å². The van der Waals surface area contributed by atoms with Crippen LogP contribution in [0.1, 0.15) is 32.3 Å². The van der Waals surface area contributed by atoms with E-state index in [2.05, 4.69) is 60.7 Å². The van der Waals surface area contributed by atoms with Gasteiger partial charge >= 0.3 is 0 Å². The maximum Gasteiger partial charge on any atom is 0.132 e. The third kappa shape index (κ3) is 3.71. The van der Waals surface area contributed by atoms with Crippen molar-refractivity contribution in [3.05, 3.63) is 48.0 Å². The number of nitrogens with zero attached hydrogens (tertiary/aromatic N) is 1. The fraction of sp³-hybridized carbons (Fsp3) is 0.312. The Balaban J connectivity index is 2.10. The lowest BCUT2D eigenvalue weighted by Gasteiger charge is -2.10. The summed E-state index contributed by atoms with van der Waals surface area (Å²) in [6, 6.07) is 14.4. The molecule has 19 heavy (non-hydrogen) atoms. The zero-order valence-corrected chi connectivity index (χ0v) is 11.8. The number of pyridine rings is 1. The number of rotatable bonds is 5. The van der Waals surface area contributed by atoms with E-state index in [-0.39, 0.29) is 0 Å². The molecule has 3 heteroatoms. The van der Waals surface area contributed by atoms with Gasteiger partial charge in [0, 0.05) is 12.2 Å². The lowest BCUT2D eigenvalue weighted by molar-refractivity contribution is 0.867. The minimum Gasteiger partial charge on any atom is -0.370 e. The molecule has 0 fully saturated rings. The third-order valence-electron chi connectivity index (χ3n) is 2.96. The van der Waals surface area contributed by atoms with Crippen molar-refractivity contribution in [3.8, 4) is 0 Å². The van der Waals surface area contributed by atoms with Crippen molar-refractivity contribution >= 4 is 17.3 Å². The second kappa shape index (κ2) is 6.23. The van der Waals surface area contributed by atoms with Crippen LogP contribution in [-0.2, 0) is 0 Å². The first-order valence-corrected chi connectivity index (χ1v) is 6.77. The van der Waals surface area contributed by atoms with E-state index in [0.717, 1.165) is 23.9 Å². The average Bonchev–Trinajstić information content (AvgIpc) is 2.40. The van der Waals surface area contributed by atoms with Crippen LogP contribution in [0.15, 0.2) is 42.5 Å². The Hall–Kier alpha value is -2.03. The van der Waals surface area contributed by atoms with Crippen molar-refractivity contribution < 1.29 is 0 Å². The van der Waals surface area contributed by atoms with Gasteiger partial charge in [-0.15, -0.1) is 0 Å². The third-order valence-corrected chi connectivity index (χ3v) is 2.96. The van der Waals surface area contributed by atoms with E-state index in [4.69, 9.17) is 0 Å². The van der Waals surface area contributed by atoms with E-state index in [1.807, 2.05) is 18.2 Å². The monoisotopic (exact) mass is 255 g/mol. The standard InChI is InChI=1S/C16H21N3/c1-4-17-15-6-5-7-16(19-15)18-14-10-8-13(9-11-14)12(2)3/h5-12H,4H2,1-3H3,(H2,17,18,19). The fourth-order valence-corrected chi connectivity index (χ4v) is 1.88. The minimum absolute atomic E-state index is 0.559. The number of hydrogen-bond donors (Lipinski definition) is 2. The van der Waals surface area contributed by atoms with Crippen molar-refractivity contribution in [1.82, 2.24) is 4.98 Å². The molecule has 0 atom stereocenters. The number of aromatic nitrogens is 1. The zero-order valence-electron chi connectivity index (χ0n) is 11.8. The maximum absolute atomic E-state index is 4.49. The van der Waals surface area contributed by atoms with Gasteiger partial charge in [-0.3, -0.25) is 0 Å². The zero-order chi connectivity index (χ0) is 13.7. The Morgan fingerprint density at radius 1 is 1.00 bits per heavy atom. The van der Waals surface area contributed by atoms with Crippen LogP contribution in [0.5, 0.6) is 0 Å². The van der Waals surface area contributed by atoms with Crippen LogP contribution in [0.3, 0.4) is 0 Å². The Morgan fingerprint density at radius 2 is 1.68 bits per heavy atom. The first-order chi connectivity index (χ1) is 9.19. The van der Waals surface area contributed by atoms with E-state index >= 15 is 0 Å². The molecule has 0 spiro atoms. The molecule has 1 aromatic heterocycles. The van der Waals surface area contributed by atoms with Gasteiger partial charge in [-0.1, -0.05) is 32.0 Å². The molecule has 0 unspecified atom stereocenters. The van der Waals surface area contributed by atoms with E-state index in [0.29, 0.717) is 5.92 Å². The van der Waals surface area contributed by atoms with Gasteiger partial charge < -0.3 is 10.6 Å². The predicted molar refractivity (Wildman–Crippen MR) is 82.2 cm³/mol. The maximum atomic E-state index is 4.49. The molecule has 0 aliphatic heterocycles. The molecule has 1 heterocycles. The Labute approximate surface area is 115 Å². The van der Waals surface area contributed by atoms with Crippen LogP contribution in [0.4, 0.5) is 17.3 Å². The summed E-state index contributed by atoms with van der Waals surface area (Å²) in [4.78, 5) is 4.49. The summed E-state index contributed by atoms with van der Waals surface area (Å²) < 4.78 is 0. The first kappa shape index (κ1) is 13.4. The molecule has 3 nitrogen and oxygen atoms in total. The molecule has 100 valence electrons. The Kier molecular flexibility index (Phi) is 4.39. The Bertz CT molecular complexity index is 518. The van der Waals surface area contributed by atoms with Crippen molar-refractivity contribution in [1.29, 1.82) is 0 Å². The smallest absolute Gasteiger partial charge is 0.132 e. The highest BCUT2D eigenvalue weighted by atomic mass is 15.1. The SMILES string of the molecule is CCNc1cccc(Nc2ccc(C(C)C)cc2)n1. The molecular weight excluding hydrogens is 234 g/mol. The van der Waals surface area contributed by atoms with E-state index in [1.54, 1.807) is 0 Å². The molecule has 0 aliphatic carbocycles. The summed E-state index contributed by atoms with van der Waals surface area (Å²) in [5.41, 5.74) is 2.41. The number of benzene rings is 1. The van der Waals surface area contributed by atoms with Crippen LogP contribution in [0, 0.1) is 0 Å². The number of nitrogens with one attached hydrogen (secondary N) is 2. The highest BCUT2D eigenvalue weighted by molar-refractivity contribution is 5.58. The van der Waals surface area contributed by atoms with E-state index in [1.165, 1.54) is 5.56 Å². The highest BCUT2D eigenvalue weighted by Gasteiger charge is 2.00. The van der Waals surface area contributed by atoms with Crippen molar-refractivity contribution in [2.24, 2.45) is 0 Å². The fourth-order valence-electron chi connectivity index (χ4n) is 1.88. The Morgan fingerprint density at radius 3 is 2.32 bits per heavy atom. The van der Waals surface area contributed by atoms with Crippen LogP contribution >= 0.6 is 0 Å². The molecule has 0 bridgehead atoms. The van der Waals surface area contributed by atoms with E-state index < -0.39 is 0 Å². The van der Waals surface area contributed by atoms with E-state index in [9.17, 15) is 0 Å². The van der Waals surface area contributed by atoms with Crippen LogP contribution < -0.4 is 10.6 Å². The average molecular weight is 255 g/mol. The lowest BCUT2D eigenvalue weighted by atomic mass is 10.0. The number of anilines is 3. The van der Waals surface area contributed by atoms with Gasteiger partial charge in [0.2, 0.25) is 0 Å². The minimum atomic E-state index is 0.559. The normalized spacial score (nSPS) is 10.5. The summed E-state index contributed by atoms with van der Waals surface area (Å²) in [6.45, 7) is 7.33. The molecule has 0 saturated heterocycles. The summed E-state index contributed by atoms with van der Waals surface area (Å²) in [6.07, 6.45) is 0. The molecule has 1 aromatic carbocycles. The van der Waals surface area contributed by atoms with Gasteiger partial charge in [0.25, 0.3) is 0 Å². The van der Waals surface area contributed by atoms with Crippen molar-refractivity contribution in [2.75, 3.05) is 17.2 Å². The van der Waals surface area contributed by atoms with Crippen molar-refractivity contribution in [2.45, 2.75) is 26.7 Å². The topological polar surface area (TPSA) is 37.0 Å². The molecule has 2 rings (SSSR count). The molecule has 0 radical (unpaired) electrons. The molecule has 0 aliphatic rings. The first-order valence-electron chi connectivity index (χ1n) is 6.77. The molecule has 2 aromatic rings. The summed E-state index contributed by atoms with van der Waals surface area (Å²) >= 11 is 0. The quantitative estimate of drug-likeness (QED) is 0.832. The summed E-state index contributed by atoms with van der Waals surface area (Å²) in [7, 11) is 0. The highest BCUT2D eigenvalue weighted by Crippen LogP contribution is 2.20. The van der Waals surface area contributed by atoms with Gasteiger partial charge in [0.1, 0.15) is 11.6 Å². The van der Waals surface area contributed by atoms with Crippen LogP contribution in [0.25, 0.3) is 0 Å². The summed E-state index contributed by atoms with van der Waals surface area (Å²) in [5, 5.41) is 6.52. The van der Waals surface area contributed by atoms with Gasteiger partial charge in [-0.2, -0.15) is 0 Å². The van der Waals surface area contributed by atoms with Gasteiger partial charge in [0.15, 0.2) is 0 Å². The molecule has 2 N–H and O–H groups in total. The second-order valence-corrected chi connectivity index (χ2v) is 4.84. The second-order valence-electron chi connectivity index (χ2n) is 4.84. The molecule has 0 saturated carbocycles. The predicted octanol–water partition coefficient (Wildman–Crippen LogP) is 4.38. The summed E-state index contributed by atoms with van der Waals surface area (Å²) in [5.74, 6) is 2.31. The molecular formula is C16H21N3. The van der Waals surface area contributed by atoms with Crippen LogP contribution in [0.2, 0.25) is 0 Å². The number of hydrogen-bond acceptors (Lipinski definition) is 3. The van der Waals surface area contributed by atoms with Crippen molar-refractivity contribution in [3.63, 3.8) is 0 Å². The van der Waals surface area contributed by atoms with Crippen LogP contribution in [-0.4, -0.2) is 11.5 Å². The largest absolute Gasteiger partial charge is 0.370 e. The lowest BCUT2D eigenvalue weighted by Crippen LogP contribution is -2.01. The van der Waals surface area contributed by atoms with Gasteiger partial charge in [-0.25, -0.2) is 4.98 Å².